The van der Waals surface area contributed by atoms with E-state index in [0.717, 1.165) is 27.9 Å². The number of aromatic nitrogens is 1. The van der Waals surface area contributed by atoms with Crippen molar-refractivity contribution in [3.8, 4) is 11.8 Å². The standard InChI is InChI=1S/C24H23ClN4O2/c1-31-22-5-3-2-4-17(22)14-28-24(30)16-8-10-29(11-9-16)23-18(13-26)15-27-21-7-6-19(25)12-20(21)23/h2-7,12,15-16H,8-11,14H2,1H3,(H,28,30). The molecule has 1 N–H and O–H groups in total. The zero-order valence-corrected chi connectivity index (χ0v) is 18.0. The molecular formula is C24H23ClN4O2. The number of amides is 1. The Labute approximate surface area is 186 Å². The monoisotopic (exact) mass is 434 g/mol. The van der Waals surface area contributed by atoms with Crippen LogP contribution in [-0.4, -0.2) is 31.1 Å². The molecule has 158 valence electrons. The van der Waals surface area contributed by atoms with Crippen molar-refractivity contribution in [2.45, 2.75) is 19.4 Å². The van der Waals surface area contributed by atoms with Crippen LogP contribution in [0.15, 0.2) is 48.7 Å². The van der Waals surface area contributed by atoms with E-state index in [2.05, 4.69) is 21.3 Å². The SMILES string of the molecule is COc1ccccc1CNC(=O)C1CCN(c2c(C#N)cnc3ccc(Cl)cc23)CC1. The molecule has 0 radical (unpaired) electrons. The Kier molecular flexibility index (Phi) is 6.24. The van der Waals surface area contributed by atoms with E-state index in [1.54, 1.807) is 19.4 Å². The summed E-state index contributed by atoms with van der Waals surface area (Å²) in [7, 11) is 1.63. The third-order valence-electron chi connectivity index (χ3n) is 5.75. The van der Waals surface area contributed by atoms with Crippen LogP contribution >= 0.6 is 11.6 Å². The molecule has 0 saturated carbocycles. The number of hydrogen-bond acceptors (Lipinski definition) is 5. The van der Waals surface area contributed by atoms with E-state index >= 15 is 0 Å². The Morgan fingerprint density at radius 3 is 2.81 bits per heavy atom. The van der Waals surface area contributed by atoms with Gasteiger partial charge in [0.25, 0.3) is 0 Å². The van der Waals surface area contributed by atoms with Crippen LogP contribution in [0, 0.1) is 17.2 Å². The van der Waals surface area contributed by atoms with Gasteiger partial charge in [0.2, 0.25) is 5.91 Å². The summed E-state index contributed by atoms with van der Waals surface area (Å²) < 4.78 is 5.35. The Morgan fingerprint density at radius 1 is 1.29 bits per heavy atom. The number of hydrogen-bond donors (Lipinski definition) is 1. The number of benzene rings is 2. The predicted molar refractivity (Wildman–Crippen MR) is 121 cm³/mol. The normalized spacial score (nSPS) is 14.3. The first-order chi connectivity index (χ1) is 15.1. The maximum Gasteiger partial charge on any atom is 0.223 e. The number of methoxy groups -OCH3 is 1. The minimum absolute atomic E-state index is 0.0497. The molecule has 0 aliphatic carbocycles. The molecule has 1 saturated heterocycles. The number of piperidine rings is 1. The van der Waals surface area contributed by atoms with Gasteiger partial charge in [-0.3, -0.25) is 9.78 Å². The number of carbonyl (C=O) groups excluding carboxylic acids is 1. The number of para-hydroxylation sites is 1. The van der Waals surface area contributed by atoms with E-state index in [1.165, 1.54) is 0 Å². The van der Waals surface area contributed by atoms with Crippen LogP contribution in [0.4, 0.5) is 5.69 Å². The lowest BCUT2D eigenvalue weighted by atomic mass is 9.94. The number of halogens is 1. The Bertz CT molecular complexity index is 1150. The predicted octanol–water partition coefficient (Wildman–Crippen LogP) is 4.30. The smallest absolute Gasteiger partial charge is 0.223 e. The van der Waals surface area contributed by atoms with Crippen LogP contribution in [0.2, 0.25) is 5.02 Å². The number of nitrogens with one attached hydrogen (secondary N) is 1. The topological polar surface area (TPSA) is 78.2 Å². The maximum absolute atomic E-state index is 12.7. The van der Waals surface area contributed by atoms with Crippen LogP contribution in [0.5, 0.6) is 5.75 Å². The van der Waals surface area contributed by atoms with E-state index in [1.807, 2.05) is 36.4 Å². The van der Waals surface area contributed by atoms with Gasteiger partial charge in [0, 0.05) is 47.7 Å². The minimum Gasteiger partial charge on any atom is -0.496 e. The van der Waals surface area contributed by atoms with E-state index in [9.17, 15) is 10.1 Å². The molecular weight excluding hydrogens is 412 g/mol. The van der Waals surface area contributed by atoms with E-state index in [0.29, 0.717) is 43.1 Å². The molecule has 31 heavy (non-hydrogen) atoms. The Morgan fingerprint density at radius 2 is 2.06 bits per heavy atom. The highest BCUT2D eigenvalue weighted by Crippen LogP contribution is 2.34. The summed E-state index contributed by atoms with van der Waals surface area (Å²) in [4.78, 5) is 19.3. The molecule has 1 fully saturated rings. The van der Waals surface area contributed by atoms with Gasteiger partial charge in [0.05, 0.1) is 23.9 Å². The number of nitriles is 1. The molecule has 1 aromatic heterocycles. The van der Waals surface area contributed by atoms with Crippen molar-refractivity contribution in [2.24, 2.45) is 5.92 Å². The van der Waals surface area contributed by atoms with Crippen molar-refractivity contribution in [2.75, 3.05) is 25.1 Å². The Hall–Kier alpha value is -3.30. The highest BCUT2D eigenvalue weighted by Gasteiger charge is 2.27. The van der Waals surface area contributed by atoms with E-state index in [-0.39, 0.29) is 11.8 Å². The van der Waals surface area contributed by atoms with Crippen LogP contribution in [0.3, 0.4) is 0 Å². The number of rotatable bonds is 5. The van der Waals surface area contributed by atoms with Gasteiger partial charge in [-0.25, -0.2) is 0 Å². The first-order valence-corrected chi connectivity index (χ1v) is 10.6. The molecule has 1 aliphatic rings. The summed E-state index contributed by atoms with van der Waals surface area (Å²) in [6.07, 6.45) is 3.04. The van der Waals surface area contributed by atoms with Gasteiger partial charge in [0.15, 0.2) is 0 Å². The van der Waals surface area contributed by atoms with Gasteiger partial charge in [-0.15, -0.1) is 0 Å². The van der Waals surface area contributed by atoms with Gasteiger partial charge in [-0.2, -0.15) is 5.26 Å². The average molecular weight is 435 g/mol. The fourth-order valence-corrected chi connectivity index (χ4v) is 4.29. The van der Waals surface area contributed by atoms with Crippen molar-refractivity contribution in [3.05, 3.63) is 64.8 Å². The molecule has 1 amide bonds. The van der Waals surface area contributed by atoms with Gasteiger partial charge >= 0.3 is 0 Å². The molecule has 0 spiro atoms. The molecule has 0 bridgehead atoms. The number of ether oxygens (including phenoxy) is 1. The van der Waals surface area contributed by atoms with E-state index in [4.69, 9.17) is 16.3 Å². The quantitative estimate of drug-likeness (QED) is 0.647. The first kappa shape index (κ1) is 21.0. The zero-order chi connectivity index (χ0) is 21.8. The van der Waals surface area contributed by atoms with Crippen LogP contribution < -0.4 is 15.0 Å². The minimum atomic E-state index is -0.0619. The largest absolute Gasteiger partial charge is 0.496 e. The lowest BCUT2D eigenvalue weighted by Gasteiger charge is -2.34. The molecule has 2 aromatic carbocycles. The summed E-state index contributed by atoms with van der Waals surface area (Å²) in [6, 6.07) is 15.4. The van der Waals surface area contributed by atoms with Crippen molar-refractivity contribution in [1.29, 1.82) is 5.26 Å². The molecule has 0 atom stereocenters. The highest BCUT2D eigenvalue weighted by molar-refractivity contribution is 6.31. The molecule has 4 rings (SSSR count). The molecule has 1 aliphatic heterocycles. The summed E-state index contributed by atoms with van der Waals surface area (Å²) in [5.41, 5.74) is 3.13. The number of fused-ring (bicyclic) bond motifs is 1. The molecule has 2 heterocycles. The number of anilines is 1. The average Bonchev–Trinajstić information content (AvgIpc) is 2.82. The third-order valence-corrected chi connectivity index (χ3v) is 5.98. The fraction of sp³-hybridized carbons (Fsp3) is 0.292. The molecule has 0 unspecified atom stereocenters. The number of carbonyl (C=O) groups is 1. The summed E-state index contributed by atoms with van der Waals surface area (Å²) in [5.74, 6) is 0.756. The van der Waals surface area contributed by atoms with Crippen molar-refractivity contribution < 1.29 is 9.53 Å². The van der Waals surface area contributed by atoms with Crippen molar-refractivity contribution >= 4 is 34.1 Å². The highest BCUT2D eigenvalue weighted by atomic mass is 35.5. The second-order valence-electron chi connectivity index (χ2n) is 7.58. The maximum atomic E-state index is 12.7. The van der Waals surface area contributed by atoms with Crippen LogP contribution in [-0.2, 0) is 11.3 Å². The number of nitrogens with zero attached hydrogens (tertiary/aromatic N) is 3. The molecule has 7 heteroatoms. The lowest BCUT2D eigenvalue weighted by molar-refractivity contribution is -0.125. The summed E-state index contributed by atoms with van der Waals surface area (Å²) in [5, 5.41) is 14.1. The fourth-order valence-electron chi connectivity index (χ4n) is 4.11. The summed E-state index contributed by atoms with van der Waals surface area (Å²) >= 11 is 6.21. The lowest BCUT2D eigenvalue weighted by Crippen LogP contribution is -2.40. The van der Waals surface area contributed by atoms with Gasteiger partial charge < -0.3 is 15.0 Å². The second kappa shape index (κ2) is 9.23. The van der Waals surface area contributed by atoms with E-state index < -0.39 is 0 Å². The van der Waals surface area contributed by atoms with Crippen LogP contribution in [0.1, 0.15) is 24.0 Å². The molecule has 6 nitrogen and oxygen atoms in total. The number of pyridine rings is 1. The second-order valence-corrected chi connectivity index (χ2v) is 8.02. The zero-order valence-electron chi connectivity index (χ0n) is 17.3. The van der Waals surface area contributed by atoms with Gasteiger partial charge in [0.1, 0.15) is 11.8 Å². The Balaban J connectivity index is 1.45. The molecule has 3 aromatic rings. The first-order valence-electron chi connectivity index (χ1n) is 10.2. The van der Waals surface area contributed by atoms with Gasteiger partial charge in [-0.1, -0.05) is 29.8 Å². The third kappa shape index (κ3) is 4.42. The van der Waals surface area contributed by atoms with Crippen molar-refractivity contribution in [3.63, 3.8) is 0 Å². The van der Waals surface area contributed by atoms with Crippen molar-refractivity contribution in [1.82, 2.24) is 10.3 Å². The summed E-state index contributed by atoms with van der Waals surface area (Å²) in [6.45, 7) is 1.81. The van der Waals surface area contributed by atoms with Gasteiger partial charge in [-0.05, 0) is 37.1 Å². The van der Waals surface area contributed by atoms with Crippen LogP contribution in [0.25, 0.3) is 10.9 Å².